The van der Waals surface area contributed by atoms with Crippen LogP contribution in [0.15, 0.2) is 212 Å². The molecule has 0 saturated heterocycles. The van der Waals surface area contributed by atoms with Crippen LogP contribution in [-0.4, -0.2) is 0 Å². The molecular weight excluding hydrogens is 691 g/mol. The van der Waals surface area contributed by atoms with E-state index in [1.807, 2.05) is 0 Å². The molecule has 0 atom stereocenters. The molecule has 2 heteroatoms. The van der Waals surface area contributed by atoms with E-state index in [2.05, 4.69) is 231 Å². The summed E-state index contributed by atoms with van der Waals surface area (Å²) in [5, 5.41) is 2.52. The fourth-order valence-electron chi connectivity index (χ4n) is 8.47. The lowest BCUT2D eigenvalue weighted by Crippen LogP contribution is -2.25. The number of nitrogens with zero attached hydrogens (tertiary/aromatic N) is 1. The third-order valence-electron chi connectivity index (χ3n) is 11.6. The van der Waals surface area contributed by atoms with Gasteiger partial charge in [0.05, 0.1) is 5.69 Å². The molecule has 2 nitrogen and oxygen atoms in total. The van der Waals surface area contributed by atoms with Crippen LogP contribution in [0.25, 0.3) is 55.3 Å². The van der Waals surface area contributed by atoms with Gasteiger partial charge in [0.1, 0.15) is 5.75 Å². The van der Waals surface area contributed by atoms with Crippen LogP contribution in [0.4, 0.5) is 17.1 Å². The fraction of sp³-hybridized carbons (Fsp3) is 0.0545. The molecule has 1 aliphatic rings. The second kappa shape index (κ2) is 14.2. The van der Waals surface area contributed by atoms with Crippen molar-refractivity contribution in [1.82, 2.24) is 0 Å². The van der Waals surface area contributed by atoms with Gasteiger partial charge in [0.25, 0.3) is 0 Å². The Hall–Kier alpha value is -7.16. The maximum absolute atomic E-state index is 6.83. The van der Waals surface area contributed by atoms with Gasteiger partial charge in [-0.25, -0.2) is 0 Å². The van der Waals surface area contributed by atoms with Crippen LogP contribution < -0.4 is 9.64 Å². The highest BCUT2D eigenvalue weighted by Gasteiger charge is 2.36. The van der Waals surface area contributed by atoms with Gasteiger partial charge in [-0.15, -0.1) is 0 Å². The highest BCUT2D eigenvalue weighted by atomic mass is 16.5. The molecule has 9 aromatic rings. The second-order valence-electron chi connectivity index (χ2n) is 15.4. The van der Waals surface area contributed by atoms with E-state index < -0.39 is 0 Å². The fourth-order valence-corrected chi connectivity index (χ4v) is 8.47. The first-order chi connectivity index (χ1) is 28.0. The van der Waals surface area contributed by atoms with Gasteiger partial charge in [-0.05, 0) is 91.7 Å². The van der Waals surface area contributed by atoms with E-state index in [0.717, 1.165) is 28.6 Å². The molecule has 0 unspecified atom stereocenters. The third kappa shape index (κ3) is 6.26. The summed E-state index contributed by atoms with van der Waals surface area (Å²) in [7, 11) is 0. The molecule has 1 heterocycles. The molecule has 57 heavy (non-hydrogen) atoms. The van der Waals surface area contributed by atoms with Gasteiger partial charge >= 0.3 is 0 Å². The zero-order chi connectivity index (χ0) is 38.3. The minimum atomic E-state index is -0.232. The first kappa shape index (κ1) is 34.3. The Labute approximate surface area is 334 Å². The number of hydrogen-bond donors (Lipinski definition) is 0. The molecule has 0 spiro atoms. The SMILES string of the molecule is CC1(C)c2ccccc2Oc2c(N(c3ccc(-c4ccc(-c5ccccc5)cc4)cc3)c3ccc(-c4ccc(-c5cccc6ccccc56)cc4)cc3)cccc21. The van der Waals surface area contributed by atoms with Gasteiger partial charge < -0.3 is 9.64 Å². The van der Waals surface area contributed by atoms with Crippen LogP contribution in [0.5, 0.6) is 11.5 Å². The van der Waals surface area contributed by atoms with Crippen LogP contribution in [0, 0.1) is 0 Å². The van der Waals surface area contributed by atoms with Crippen molar-refractivity contribution in [1.29, 1.82) is 0 Å². The summed E-state index contributed by atoms with van der Waals surface area (Å²) in [4.78, 5) is 2.33. The molecule has 0 aromatic heterocycles. The van der Waals surface area contributed by atoms with Crippen molar-refractivity contribution in [3.05, 3.63) is 223 Å². The molecule has 10 rings (SSSR count). The maximum Gasteiger partial charge on any atom is 0.155 e. The summed E-state index contributed by atoms with van der Waals surface area (Å²) in [6.45, 7) is 4.58. The molecule has 272 valence electrons. The molecule has 0 aliphatic carbocycles. The normalized spacial score (nSPS) is 12.7. The van der Waals surface area contributed by atoms with Crippen LogP contribution in [-0.2, 0) is 5.41 Å². The molecule has 0 radical (unpaired) electrons. The van der Waals surface area contributed by atoms with E-state index in [4.69, 9.17) is 4.74 Å². The summed E-state index contributed by atoms with van der Waals surface area (Å²) in [6.07, 6.45) is 0. The summed E-state index contributed by atoms with van der Waals surface area (Å²) < 4.78 is 6.83. The summed E-state index contributed by atoms with van der Waals surface area (Å²) in [6, 6.07) is 76.2. The Kier molecular flexibility index (Phi) is 8.53. The predicted octanol–water partition coefficient (Wildman–Crippen LogP) is 15.4. The van der Waals surface area contributed by atoms with Crippen molar-refractivity contribution in [2.45, 2.75) is 19.3 Å². The molecule has 0 fully saturated rings. The smallest absolute Gasteiger partial charge is 0.155 e. The quantitative estimate of drug-likeness (QED) is 0.162. The molecular formula is C55H41NO. The van der Waals surface area contributed by atoms with Crippen LogP contribution in [0.2, 0.25) is 0 Å². The molecule has 9 aromatic carbocycles. The third-order valence-corrected chi connectivity index (χ3v) is 11.6. The summed E-state index contributed by atoms with van der Waals surface area (Å²) >= 11 is 0. The van der Waals surface area contributed by atoms with E-state index in [-0.39, 0.29) is 5.41 Å². The topological polar surface area (TPSA) is 12.5 Å². The predicted molar refractivity (Wildman–Crippen MR) is 239 cm³/mol. The maximum atomic E-state index is 6.83. The molecule has 0 N–H and O–H groups in total. The number of para-hydroxylation sites is 2. The lowest BCUT2D eigenvalue weighted by Gasteiger charge is -2.37. The van der Waals surface area contributed by atoms with Crippen molar-refractivity contribution in [3.8, 4) is 56.0 Å². The number of ether oxygens (including phenoxy) is 1. The van der Waals surface area contributed by atoms with Gasteiger partial charge in [0, 0.05) is 27.9 Å². The number of anilines is 3. The van der Waals surface area contributed by atoms with Crippen molar-refractivity contribution in [3.63, 3.8) is 0 Å². The number of fused-ring (bicyclic) bond motifs is 3. The van der Waals surface area contributed by atoms with E-state index in [1.165, 1.54) is 66.4 Å². The van der Waals surface area contributed by atoms with Gasteiger partial charge in [-0.2, -0.15) is 0 Å². The summed E-state index contributed by atoms with van der Waals surface area (Å²) in [5.74, 6) is 1.79. The van der Waals surface area contributed by atoms with Crippen LogP contribution in [0.3, 0.4) is 0 Å². The van der Waals surface area contributed by atoms with Crippen molar-refractivity contribution in [2.24, 2.45) is 0 Å². The van der Waals surface area contributed by atoms with Crippen molar-refractivity contribution in [2.75, 3.05) is 4.90 Å². The standard InChI is InChI=1S/C55H41NO/c1-55(2)50-18-8-9-21-53(50)57-54-51(55)19-11-20-52(54)56(46-34-30-42(31-35-46)40-24-22-39(23-25-40)38-12-4-3-5-13-38)47-36-32-43(33-37-47)41-26-28-45(29-27-41)49-17-10-15-44-14-6-7-16-48(44)49/h3-37H,1-2H3. The van der Waals surface area contributed by atoms with Gasteiger partial charge in [-0.1, -0.05) is 190 Å². The minimum absolute atomic E-state index is 0.232. The largest absolute Gasteiger partial charge is 0.455 e. The number of benzene rings is 9. The zero-order valence-corrected chi connectivity index (χ0v) is 32.1. The Morgan fingerprint density at radius 2 is 0.825 bits per heavy atom. The average Bonchev–Trinajstić information content (AvgIpc) is 3.27. The van der Waals surface area contributed by atoms with Gasteiger partial charge in [-0.3, -0.25) is 0 Å². The molecule has 0 saturated carbocycles. The first-order valence-electron chi connectivity index (χ1n) is 19.7. The second-order valence-corrected chi connectivity index (χ2v) is 15.4. The van der Waals surface area contributed by atoms with E-state index in [0.29, 0.717) is 0 Å². The molecule has 0 amide bonds. The highest BCUT2D eigenvalue weighted by molar-refractivity contribution is 5.97. The van der Waals surface area contributed by atoms with Crippen LogP contribution in [0.1, 0.15) is 25.0 Å². The van der Waals surface area contributed by atoms with Crippen LogP contribution >= 0.6 is 0 Å². The zero-order valence-electron chi connectivity index (χ0n) is 32.1. The average molecular weight is 732 g/mol. The van der Waals surface area contributed by atoms with E-state index >= 15 is 0 Å². The van der Waals surface area contributed by atoms with Crippen molar-refractivity contribution >= 4 is 27.8 Å². The van der Waals surface area contributed by atoms with E-state index in [1.54, 1.807) is 0 Å². The lowest BCUT2D eigenvalue weighted by atomic mass is 9.75. The lowest BCUT2D eigenvalue weighted by molar-refractivity contribution is 0.419. The van der Waals surface area contributed by atoms with Crippen molar-refractivity contribution < 1.29 is 4.74 Å². The first-order valence-corrected chi connectivity index (χ1v) is 19.7. The monoisotopic (exact) mass is 731 g/mol. The van der Waals surface area contributed by atoms with E-state index in [9.17, 15) is 0 Å². The Balaban J connectivity index is 1.02. The Bertz CT molecular complexity index is 2850. The number of hydrogen-bond acceptors (Lipinski definition) is 2. The molecule has 0 bridgehead atoms. The Morgan fingerprint density at radius 3 is 1.46 bits per heavy atom. The summed E-state index contributed by atoms with van der Waals surface area (Å²) in [5.41, 5.74) is 14.8. The highest BCUT2D eigenvalue weighted by Crippen LogP contribution is 2.53. The molecule has 1 aliphatic heterocycles. The minimum Gasteiger partial charge on any atom is -0.455 e. The number of rotatable bonds is 7. The Morgan fingerprint density at radius 1 is 0.368 bits per heavy atom. The van der Waals surface area contributed by atoms with Gasteiger partial charge in [0.2, 0.25) is 0 Å². The van der Waals surface area contributed by atoms with Gasteiger partial charge in [0.15, 0.2) is 5.75 Å².